The normalized spacial score (nSPS) is 10.5. The number of nitro groups is 1. The molecule has 1 N–H and O–H groups in total. The van der Waals surface area contributed by atoms with Crippen molar-refractivity contribution in [3.05, 3.63) is 50.3 Å². The zero-order valence-electron chi connectivity index (χ0n) is 12.4. The van der Waals surface area contributed by atoms with E-state index in [4.69, 9.17) is 11.6 Å². The Morgan fingerprint density at radius 1 is 1.45 bits per heavy atom. The summed E-state index contributed by atoms with van der Waals surface area (Å²) in [4.78, 5) is 22.9. The molecule has 2 aromatic rings. The minimum Gasteiger partial charge on any atom is -0.316 e. The van der Waals surface area contributed by atoms with E-state index in [1.54, 1.807) is 18.5 Å². The molecule has 0 saturated heterocycles. The summed E-state index contributed by atoms with van der Waals surface area (Å²) in [6, 6.07) is 4.10. The summed E-state index contributed by atoms with van der Waals surface area (Å²) in [5.74, 6) is -0.430. The van der Waals surface area contributed by atoms with Crippen LogP contribution in [0.4, 0.5) is 11.4 Å². The number of halogens is 1. The number of carbonyl (C=O) groups excluding carboxylic acids is 1. The molecule has 0 aliphatic carbocycles. The van der Waals surface area contributed by atoms with E-state index in [-0.39, 0.29) is 16.4 Å². The number of amides is 1. The molecule has 22 heavy (non-hydrogen) atoms. The number of nitro benzene ring substituents is 1. The number of carbonyl (C=O) groups is 1. The molecule has 0 fully saturated rings. The number of aromatic nitrogens is 2. The van der Waals surface area contributed by atoms with Crippen molar-refractivity contribution in [2.75, 3.05) is 5.32 Å². The van der Waals surface area contributed by atoms with Gasteiger partial charge in [-0.05, 0) is 32.9 Å². The fourth-order valence-corrected chi connectivity index (χ4v) is 2.45. The van der Waals surface area contributed by atoms with Gasteiger partial charge in [0, 0.05) is 23.3 Å². The highest BCUT2D eigenvalue weighted by Gasteiger charge is 2.22. The molecular weight excluding hydrogens is 308 g/mol. The second-order valence-electron chi connectivity index (χ2n) is 4.73. The molecule has 116 valence electrons. The molecule has 1 aromatic carbocycles. The topological polar surface area (TPSA) is 90.1 Å². The predicted octanol–water partition coefficient (Wildman–Crippen LogP) is 3.33. The van der Waals surface area contributed by atoms with Crippen LogP contribution in [0.1, 0.15) is 28.7 Å². The fourth-order valence-electron chi connectivity index (χ4n) is 2.28. The van der Waals surface area contributed by atoms with Gasteiger partial charge >= 0.3 is 0 Å². The van der Waals surface area contributed by atoms with Crippen LogP contribution in [0.25, 0.3) is 0 Å². The van der Waals surface area contributed by atoms with Gasteiger partial charge in [-0.15, -0.1) is 0 Å². The molecular formula is C14H15ClN4O3. The summed E-state index contributed by atoms with van der Waals surface area (Å²) in [5.41, 5.74) is 1.56. The minimum atomic E-state index is -0.587. The highest BCUT2D eigenvalue weighted by molar-refractivity contribution is 6.31. The van der Waals surface area contributed by atoms with Crippen molar-refractivity contribution in [3.63, 3.8) is 0 Å². The van der Waals surface area contributed by atoms with Crippen molar-refractivity contribution in [3.8, 4) is 0 Å². The van der Waals surface area contributed by atoms with Gasteiger partial charge in [0.05, 0.1) is 16.2 Å². The average Bonchev–Trinajstić information content (AvgIpc) is 2.75. The van der Waals surface area contributed by atoms with Crippen LogP contribution in [0, 0.1) is 24.0 Å². The van der Waals surface area contributed by atoms with Crippen molar-refractivity contribution < 1.29 is 9.72 Å². The zero-order valence-corrected chi connectivity index (χ0v) is 13.1. The first-order valence-electron chi connectivity index (χ1n) is 6.64. The van der Waals surface area contributed by atoms with E-state index in [0.717, 1.165) is 0 Å². The molecule has 0 atom stereocenters. The Morgan fingerprint density at radius 3 is 2.68 bits per heavy atom. The lowest BCUT2D eigenvalue weighted by Gasteiger charge is -2.07. The quantitative estimate of drug-likeness (QED) is 0.690. The van der Waals surface area contributed by atoms with E-state index < -0.39 is 10.8 Å². The Balaban J connectivity index is 2.38. The first-order valence-corrected chi connectivity index (χ1v) is 7.02. The standard InChI is InChI=1S/C14H15ClN4O3/c1-4-18-9(3)13(8(2)17-18)14(20)16-11-6-5-10(15)7-12(11)19(21)22/h5-7H,4H2,1-3H3,(H,16,20). The van der Waals surface area contributed by atoms with E-state index >= 15 is 0 Å². The van der Waals surface area contributed by atoms with Gasteiger partial charge in [0.15, 0.2) is 0 Å². The molecule has 0 aliphatic rings. The molecule has 1 amide bonds. The number of rotatable bonds is 4. The lowest BCUT2D eigenvalue weighted by atomic mass is 10.1. The Kier molecular flexibility index (Phi) is 4.46. The summed E-state index contributed by atoms with van der Waals surface area (Å²) >= 11 is 5.76. The fraction of sp³-hybridized carbons (Fsp3) is 0.286. The van der Waals surface area contributed by atoms with Gasteiger partial charge in [0.1, 0.15) is 5.69 Å². The van der Waals surface area contributed by atoms with Gasteiger partial charge in [-0.3, -0.25) is 19.6 Å². The van der Waals surface area contributed by atoms with Crippen LogP contribution in [0.15, 0.2) is 18.2 Å². The van der Waals surface area contributed by atoms with Crippen LogP contribution < -0.4 is 5.32 Å². The summed E-state index contributed by atoms with van der Waals surface area (Å²) < 4.78 is 1.71. The average molecular weight is 323 g/mol. The van der Waals surface area contributed by atoms with E-state index in [0.29, 0.717) is 23.5 Å². The predicted molar refractivity (Wildman–Crippen MR) is 83.4 cm³/mol. The number of aryl methyl sites for hydroxylation is 2. The number of nitrogens with one attached hydrogen (secondary N) is 1. The Morgan fingerprint density at radius 2 is 2.14 bits per heavy atom. The zero-order chi connectivity index (χ0) is 16.4. The summed E-state index contributed by atoms with van der Waals surface area (Å²) in [6.07, 6.45) is 0. The molecule has 1 heterocycles. The maximum absolute atomic E-state index is 12.4. The SMILES string of the molecule is CCn1nc(C)c(C(=O)Nc2ccc(Cl)cc2[N+](=O)[O-])c1C. The molecule has 0 spiro atoms. The monoisotopic (exact) mass is 322 g/mol. The van der Waals surface area contributed by atoms with E-state index in [2.05, 4.69) is 10.4 Å². The molecule has 0 saturated carbocycles. The Bertz CT molecular complexity index is 755. The van der Waals surface area contributed by atoms with Crippen molar-refractivity contribution in [1.82, 2.24) is 9.78 Å². The van der Waals surface area contributed by atoms with Gasteiger partial charge < -0.3 is 5.32 Å². The second kappa shape index (κ2) is 6.15. The lowest BCUT2D eigenvalue weighted by molar-refractivity contribution is -0.383. The van der Waals surface area contributed by atoms with Gasteiger partial charge in [-0.1, -0.05) is 11.6 Å². The van der Waals surface area contributed by atoms with E-state index in [1.165, 1.54) is 18.2 Å². The molecule has 7 nitrogen and oxygen atoms in total. The van der Waals surface area contributed by atoms with Crippen molar-refractivity contribution >= 4 is 28.9 Å². The third-order valence-electron chi connectivity index (χ3n) is 3.31. The van der Waals surface area contributed by atoms with Gasteiger partial charge in [-0.25, -0.2) is 0 Å². The molecule has 8 heteroatoms. The molecule has 1 aromatic heterocycles. The summed E-state index contributed by atoms with van der Waals surface area (Å²) in [6.45, 7) is 6.07. The van der Waals surface area contributed by atoms with Crippen LogP contribution in [0.3, 0.4) is 0 Å². The van der Waals surface area contributed by atoms with Crippen LogP contribution in [-0.4, -0.2) is 20.6 Å². The van der Waals surface area contributed by atoms with Crippen LogP contribution in [0.2, 0.25) is 5.02 Å². The Hall–Kier alpha value is -2.41. The van der Waals surface area contributed by atoms with Gasteiger partial charge in [0.2, 0.25) is 0 Å². The third kappa shape index (κ3) is 2.94. The molecule has 0 aliphatic heterocycles. The number of nitrogens with zero attached hydrogens (tertiary/aromatic N) is 3. The Labute approximate surface area is 132 Å². The smallest absolute Gasteiger partial charge is 0.294 e. The largest absolute Gasteiger partial charge is 0.316 e. The minimum absolute atomic E-state index is 0.0995. The third-order valence-corrected chi connectivity index (χ3v) is 3.55. The van der Waals surface area contributed by atoms with Crippen LogP contribution >= 0.6 is 11.6 Å². The molecule has 0 radical (unpaired) electrons. The number of hydrogen-bond donors (Lipinski definition) is 1. The molecule has 2 rings (SSSR count). The van der Waals surface area contributed by atoms with E-state index in [9.17, 15) is 14.9 Å². The van der Waals surface area contributed by atoms with Gasteiger partial charge in [-0.2, -0.15) is 5.10 Å². The number of benzene rings is 1. The maximum atomic E-state index is 12.4. The van der Waals surface area contributed by atoms with Crippen molar-refractivity contribution in [1.29, 1.82) is 0 Å². The highest BCUT2D eigenvalue weighted by Crippen LogP contribution is 2.28. The molecule has 0 bridgehead atoms. The second-order valence-corrected chi connectivity index (χ2v) is 5.17. The summed E-state index contributed by atoms with van der Waals surface area (Å²) in [5, 5.41) is 18.1. The van der Waals surface area contributed by atoms with Crippen molar-refractivity contribution in [2.45, 2.75) is 27.3 Å². The number of hydrogen-bond acceptors (Lipinski definition) is 4. The number of anilines is 1. The maximum Gasteiger partial charge on any atom is 0.294 e. The molecule has 0 unspecified atom stereocenters. The van der Waals surface area contributed by atoms with Crippen molar-refractivity contribution in [2.24, 2.45) is 0 Å². The summed E-state index contributed by atoms with van der Waals surface area (Å²) in [7, 11) is 0. The van der Waals surface area contributed by atoms with Crippen LogP contribution in [0.5, 0.6) is 0 Å². The van der Waals surface area contributed by atoms with Gasteiger partial charge in [0.25, 0.3) is 11.6 Å². The lowest BCUT2D eigenvalue weighted by Crippen LogP contribution is -2.15. The first kappa shape index (κ1) is 16.0. The van der Waals surface area contributed by atoms with E-state index in [1.807, 2.05) is 6.92 Å². The van der Waals surface area contributed by atoms with Crippen LogP contribution in [-0.2, 0) is 6.54 Å². The first-order chi connectivity index (χ1) is 10.3. The highest BCUT2D eigenvalue weighted by atomic mass is 35.5.